The fraction of sp³-hybridized carbons (Fsp3) is 0.929. The van der Waals surface area contributed by atoms with Gasteiger partial charge < -0.3 is 4.18 Å². The van der Waals surface area contributed by atoms with Crippen molar-refractivity contribution in [1.82, 2.24) is 0 Å². The summed E-state index contributed by atoms with van der Waals surface area (Å²) in [5.41, 5.74) is 0. The molecule has 0 aliphatic rings. The molecule has 120 valence electrons. The van der Waals surface area contributed by atoms with Crippen LogP contribution in [0.4, 0.5) is 0 Å². The summed E-state index contributed by atoms with van der Waals surface area (Å²) in [5.74, 6) is -0.881. The molecule has 0 bridgehead atoms. The molecule has 6 heteroatoms. The van der Waals surface area contributed by atoms with Gasteiger partial charge in [-0.25, -0.2) is 4.18 Å². The van der Waals surface area contributed by atoms with Crippen LogP contribution in [-0.4, -0.2) is 21.0 Å². The van der Waals surface area contributed by atoms with Gasteiger partial charge in [0.2, 0.25) is 0 Å². The molecule has 0 spiro atoms. The Morgan fingerprint density at radius 2 is 1.30 bits per heavy atom. The Balaban J connectivity index is 3.30. The Hall–Kier alpha value is -0.620. The molecule has 0 saturated carbocycles. The van der Waals surface area contributed by atoms with Crippen molar-refractivity contribution < 1.29 is 21.6 Å². The van der Waals surface area contributed by atoms with Gasteiger partial charge in [0.15, 0.2) is 0 Å². The average Bonchev–Trinajstić information content (AvgIpc) is 2.34. The molecule has 0 rings (SSSR count). The molecule has 0 N–H and O–H groups in total. The van der Waals surface area contributed by atoms with Gasteiger partial charge in [-0.1, -0.05) is 64.7 Å². The summed E-state index contributed by atoms with van der Waals surface area (Å²) in [4.78, 5) is 10.5. The van der Waals surface area contributed by atoms with E-state index in [-0.39, 0.29) is 6.61 Å². The van der Waals surface area contributed by atoms with Crippen LogP contribution in [0.1, 0.15) is 78.1 Å². The molecule has 0 atom stereocenters. The summed E-state index contributed by atoms with van der Waals surface area (Å²) >= 11 is 0. The van der Waals surface area contributed by atoms with Crippen molar-refractivity contribution in [3.8, 4) is 0 Å². The van der Waals surface area contributed by atoms with E-state index in [0.717, 1.165) is 19.8 Å². The van der Waals surface area contributed by atoms with Gasteiger partial charge in [0.25, 0.3) is 0 Å². The van der Waals surface area contributed by atoms with Crippen molar-refractivity contribution >= 4 is 16.4 Å². The van der Waals surface area contributed by atoms with Crippen molar-refractivity contribution in [2.24, 2.45) is 0 Å². The molecular formula is C14H28O5S. The summed E-state index contributed by atoms with van der Waals surface area (Å²) in [6.45, 7) is 3.32. The molecule has 0 aliphatic carbocycles. The minimum absolute atomic E-state index is 0.0755. The first-order valence-corrected chi connectivity index (χ1v) is 8.90. The van der Waals surface area contributed by atoms with E-state index in [1.165, 1.54) is 44.9 Å². The minimum atomic E-state index is -4.14. The molecule has 0 fully saturated rings. The highest BCUT2D eigenvalue weighted by molar-refractivity contribution is 7.82. The van der Waals surface area contributed by atoms with Crippen molar-refractivity contribution in [2.75, 3.05) is 6.61 Å². The first-order chi connectivity index (χ1) is 9.48. The molecule has 0 heterocycles. The predicted molar refractivity (Wildman–Crippen MR) is 78.5 cm³/mol. The van der Waals surface area contributed by atoms with Crippen LogP contribution >= 0.6 is 0 Å². The van der Waals surface area contributed by atoms with Gasteiger partial charge in [0.05, 0.1) is 6.61 Å². The molecule has 0 aliphatic heterocycles. The van der Waals surface area contributed by atoms with Gasteiger partial charge in [-0.3, -0.25) is 4.79 Å². The monoisotopic (exact) mass is 308 g/mol. The summed E-state index contributed by atoms with van der Waals surface area (Å²) in [6.07, 6.45) is 11.7. The van der Waals surface area contributed by atoms with E-state index in [9.17, 15) is 13.2 Å². The predicted octanol–water partition coefficient (Wildman–Crippen LogP) is 3.73. The number of carbonyl (C=O) groups is 1. The second-order valence-corrected chi connectivity index (χ2v) is 6.21. The fourth-order valence-electron chi connectivity index (χ4n) is 1.92. The Bertz CT molecular complexity index is 337. The number of rotatable bonds is 13. The van der Waals surface area contributed by atoms with E-state index in [2.05, 4.69) is 15.3 Å². The highest BCUT2D eigenvalue weighted by atomic mass is 32.3. The lowest BCUT2D eigenvalue weighted by Gasteiger charge is -2.04. The molecule has 0 unspecified atom stereocenters. The zero-order chi connectivity index (χ0) is 15.3. The maximum absolute atomic E-state index is 11.0. The van der Waals surface area contributed by atoms with E-state index >= 15 is 0 Å². The molecule has 0 amide bonds. The average molecular weight is 308 g/mol. The van der Waals surface area contributed by atoms with Gasteiger partial charge in [-0.15, -0.1) is 0 Å². The molecule has 0 aromatic rings. The Kier molecular flexibility index (Phi) is 11.8. The van der Waals surface area contributed by atoms with Crippen LogP contribution in [0, 0.1) is 0 Å². The fourth-order valence-corrected chi connectivity index (χ4v) is 2.58. The smallest absolute Gasteiger partial charge is 0.325 e. The zero-order valence-electron chi connectivity index (χ0n) is 12.7. The molecule has 0 aromatic carbocycles. The van der Waals surface area contributed by atoms with E-state index in [4.69, 9.17) is 0 Å². The highest BCUT2D eigenvalue weighted by Gasteiger charge is 2.14. The van der Waals surface area contributed by atoms with E-state index in [1.807, 2.05) is 0 Å². The van der Waals surface area contributed by atoms with Crippen LogP contribution in [0.5, 0.6) is 0 Å². The van der Waals surface area contributed by atoms with E-state index in [1.54, 1.807) is 0 Å². The van der Waals surface area contributed by atoms with Gasteiger partial charge in [-0.2, -0.15) is 8.42 Å². The summed E-state index contributed by atoms with van der Waals surface area (Å²) in [7, 11) is -4.14. The maximum Gasteiger partial charge on any atom is 0.451 e. The van der Waals surface area contributed by atoms with Crippen LogP contribution in [0.2, 0.25) is 0 Å². The summed E-state index contributed by atoms with van der Waals surface area (Å²) < 4.78 is 30.7. The third-order valence-electron chi connectivity index (χ3n) is 2.94. The minimum Gasteiger partial charge on any atom is -0.325 e. The number of carbonyl (C=O) groups excluding carboxylic acids is 1. The molecule has 20 heavy (non-hydrogen) atoms. The standard InChI is InChI=1S/C14H28O5S/c1-3-4-5-6-7-8-9-10-11-12-13-18-20(16,17)19-14(2)15/h3-13H2,1-2H3. The Morgan fingerprint density at radius 3 is 1.75 bits per heavy atom. The molecule has 0 saturated heterocycles. The molecule has 0 radical (unpaired) electrons. The maximum atomic E-state index is 11.0. The van der Waals surface area contributed by atoms with Crippen molar-refractivity contribution in [3.05, 3.63) is 0 Å². The lowest BCUT2D eigenvalue weighted by atomic mass is 10.1. The molecule has 0 aromatic heterocycles. The number of hydrogen-bond donors (Lipinski definition) is 0. The van der Waals surface area contributed by atoms with Crippen LogP contribution in [0.25, 0.3) is 0 Å². The van der Waals surface area contributed by atoms with Crippen LogP contribution < -0.4 is 0 Å². The lowest BCUT2D eigenvalue weighted by Crippen LogP contribution is -2.14. The van der Waals surface area contributed by atoms with Gasteiger partial charge in [0.1, 0.15) is 0 Å². The van der Waals surface area contributed by atoms with Gasteiger partial charge >= 0.3 is 16.4 Å². The SMILES string of the molecule is CCCCCCCCCCCCOS(=O)(=O)OC(C)=O. The van der Waals surface area contributed by atoms with E-state index in [0.29, 0.717) is 6.42 Å². The summed E-state index contributed by atoms with van der Waals surface area (Å²) in [6, 6.07) is 0. The van der Waals surface area contributed by atoms with Gasteiger partial charge in [0, 0.05) is 6.92 Å². The summed E-state index contributed by atoms with van der Waals surface area (Å²) in [5, 5.41) is 0. The van der Waals surface area contributed by atoms with Crippen molar-refractivity contribution in [1.29, 1.82) is 0 Å². The zero-order valence-corrected chi connectivity index (χ0v) is 13.5. The Morgan fingerprint density at radius 1 is 0.850 bits per heavy atom. The quantitative estimate of drug-likeness (QED) is 0.485. The largest absolute Gasteiger partial charge is 0.451 e. The lowest BCUT2D eigenvalue weighted by molar-refractivity contribution is -0.132. The Labute approximate surface area is 123 Å². The van der Waals surface area contributed by atoms with Crippen LogP contribution in [0.3, 0.4) is 0 Å². The third-order valence-corrected chi connectivity index (χ3v) is 3.84. The van der Waals surface area contributed by atoms with E-state index < -0.39 is 16.4 Å². The first-order valence-electron chi connectivity index (χ1n) is 7.57. The third kappa shape index (κ3) is 13.8. The van der Waals surface area contributed by atoms with Gasteiger partial charge in [-0.05, 0) is 6.42 Å². The second-order valence-electron chi connectivity index (χ2n) is 4.99. The van der Waals surface area contributed by atoms with Crippen LogP contribution in [0.15, 0.2) is 0 Å². The highest BCUT2D eigenvalue weighted by Crippen LogP contribution is 2.10. The van der Waals surface area contributed by atoms with Crippen molar-refractivity contribution in [3.63, 3.8) is 0 Å². The molecule has 5 nitrogen and oxygen atoms in total. The first kappa shape index (κ1) is 19.4. The molecular weight excluding hydrogens is 280 g/mol. The number of hydrogen-bond acceptors (Lipinski definition) is 5. The second kappa shape index (κ2) is 12.1. The van der Waals surface area contributed by atoms with Crippen molar-refractivity contribution in [2.45, 2.75) is 78.1 Å². The normalized spacial score (nSPS) is 11.5. The number of unbranched alkanes of at least 4 members (excludes halogenated alkanes) is 9. The van der Waals surface area contributed by atoms with Crippen LogP contribution in [-0.2, 0) is 23.6 Å². The topological polar surface area (TPSA) is 69.7 Å².